The van der Waals surface area contributed by atoms with Crippen LogP contribution in [0.5, 0.6) is 0 Å². The second-order valence-corrected chi connectivity index (χ2v) is 6.59. The van der Waals surface area contributed by atoms with Crippen LogP contribution in [0, 0.1) is 12.8 Å². The molecule has 27 heavy (non-hydrogen) atoms. The van der Waals surface area contributed by atoms with E-state index in [0.29, 0.717) is 11.4 Å². The van der Waals surface area contributed by atoms with Crippen molar-refractivity contribution < 1.29 is 19.2 Å². The Kier molecular flexibility index (Phi) is 4.21. The number of hydroxylamine groups is 2. The smallest absolute Gasteiger partial charge is 0.265 e. The van der Waals surface area contributed by atoms with Gasteiger partial charge in [0.25, 0.3) is 5.91 Å². The fourth-order valence-corrected chi connectivity index (χ4v) is 3.69. The van der Waals surface area contributed by atoms with E-state index in [2.05, 4.69) is 4.98 Å². The zero-order valence-electron chi connectivity index (χ0n) is 14.6. The highest BCUT2D eigenvalue weighted by Crippen LogP contribution is 2.45. The lowest BCUT2D eigenvalue weighted by Gasteiger charge is -2.26. The molecule has 2 aliphatic rings. The highest BCUT2D eigenvalue weighted by atomic mass is 16.7. The summed E-state index contributed by atoms with van der Waals surface area (Å²) in [6, 6.07) is 11.8. The van der Waals surface area contributed by atoms with Crippen LogP contribution < -0.4 is 10.6 Å². The number of primary amides is 1. The zero-order valence-corrected chi connectivity index (χ0v) is 14.6. The Hall–Kier alpha value is -3.10. The average molecular weight is 366 g/mol. The SMILES string of the molecule is Cc1ccccc1N1C(=O)C2ON(CC(N)=O)C(c3ccccn3)C2C1=O. The van der Waals surface area contributed by atoms with Crippen LogP contribution in [0.1, 0.15) is 17.3 Å². The second kappa shape index (κ2) is 6.57. The maximum Gasteiger partial charge on any atom is 0.265 e. The van der Waals surface area contributed by atoms with Crippen LogP contribution in [0.25, 0.3) is 0 Å². The summed E-state index contributed by atoms with van der Waals surface area (Å²) in [5.74, 6) is -2.24. The van der Waals surface area contributed by atoms with Crippen molar-refractivity contribution in [1.29, 1.82) is 0 Å². The molecule has 3 amide bonds. The molecule has 3 heterocycles. The van der Waals surface area contributed by atoms with E-state index < -0.39 is 29.9 Å². The van der Waals surface area contributed by atoms with Crippen molar-refractivity contribution in [2.24, 2.45) is 11.7 Å². The van der Waals surface area contributed by atoms with E-state index in [1.165, 1.54) is 9.96 Å². The molecule has 0 spiro atoms. The van der Waals surface area contributed by atoms with Crippen LogP contribution >= 0.6 is 0 Å². The van der Waals surface area contributed by atoms with Gasteiger partial charge < -0.3 is 5.73 Å². The lowest BCUT2D eigenvalue weighted by Crippen LogP contribution is -2.40. The number of hydrogen-bond acceptors (Lipinski definition) is 6. The Morgan fingerprint density at radius 2 is 1.89 bits per heavy atom. The van der Waals surface area contributed by atoms with Crippen molar-refractivity contribution in [1.82, 2.24) is 10.0 Å². The number of carbonyl (C=O) groups excluding carboxylic acids is 3. The quantitative estimate of drug-likeness (QED) is 0.800. The lowest BCUT2D eigenvalue weighted by atomic mass is 9.94. The molecule has 0 radical (unpaired) electrons. The highest BCUT2D eigenvalue weighted by Gasteiger charge is 2.60. The molecule has 2 N–H and O–H groups in total. The van der Waals surface area contributed by atoms with Gasteiger partial charge >= 0.3 is 0 Å². The number of fused-ring (bicyclic) bond motifs is 1. The molecule has 0 saturated carbocycles. The van der Waals surface area contributed by atoms with Gasteiger partial charge in [0.05, 0.1) is 23.3 Å². The van der Waals surface area contributed by atoms with Gasteiger partial charge in [-0.1, -0.05) is 24.3 Å². The first kappa shape index (κ1) is 17.3. The first-order chi connectivity index (χ1) is 13.0. The van der Waals surface area contributed by atoms with Gasteiger partial charge in [0.15, 0.2) is 6.10 Å². The van der Waals surface area contributed by atoms with E-state index in [4.69, 9.17) is 10.6 Å². The fourth-order valence-electron chi connectivity index (χ4n) is 3.69. The Bertz CT molecular complexity index is 917. The number of aryl methyl sites for hydroxylation is 1. The number of para-hydroxylation sites is 1. The van der Waals surface area contributed by atoms with E-state index >= 15 is 0 Å². The van der Waals surface area contributed by atoms with Gasteiger partial charge in [-0.2, -0.15) is 5.06 Å². The molecule has 2 saturated heterocycles. The third-order valence-corrected chi connectivity index (χ3v) is 4.85. The number of nitrogens with zero attached hydrogens (tertiary/aromatic N) is 3. The van der Waals surface area contributed by atoms with Crippen LogP contribution in [-0.2, 0) is 19.2 Å². The van der Waals surface area contributed by atoms with Gasteiger partial charge in [-0.15, -0.1) is 0 Å². The van der Waals surface area contributed by atoms with Gasteiger partial charge in [-0.05, 0) is 30.7 Å². The van der Waals surface area contributed by atoms with E-state index in [1.807, 2.05) is 19.1 Å². The lowest BCUT2D eigenvalue weighted by molar-refractivity contribution is -0.175. The normalized spacial score (nSPS) is 25.1. The molecule has 0 aliphatic carbocycles. The summed E-state index contributed by atoms with van der Waals surface area (Å²) in [6.45, 7) is 1.60. The monoisotopic (exact) mass is 366 g/mol. The summed E-state index contributed by atoms with van der Waals surface area (Å²) in [4.78, 5) is 48.8. The summed E-state index contributed by atoms with van der Waals surface area (Å²) < 4.78 is 0. The maximum absolute atomic E-state index is 13.2. The fraction of sp³-hybridized carbons (Fsp3) is 0.263. The van der Waals surface area contributed by atoms with E-state index in [1.54, 1.807) is 36.5 Å². The average Bonchev–Trinajstić information content (AvgIpc) is 3.12. The largest absolute Gasteiger partial charge is 0.368 e. The molecule has 8 nitrogen and oxygen atoms in total. The molecule has 3 atom stereocenters. The number of rotatable bonds is 4. The standard InChI is InChI=1S/C19H18N4O4/c1-11-6-2-3-8-13(11)23-18(25)15-16(12-7-4-5-9-21-12)22(10-14(20)24)27-17(15)19(23)26/h2-9,15-17H,10H2,1H3,(H2,20,24). The van der Waals surface area contributed by atoms with Crippen LogP contribution in [0.15, 0.2) is 48.7 Å². The highest BCUT2D eigenvalue weighted by molar-refractivity contribution is 6.24. The molecular formula is C19H18N4O4. The molecule has 2 aliphatic heterocycles. The summed E-state index contributed by atoms with van der Waals surface area (Å²) >= 11 is 0. The number of nitrogens with two attached hydrogens (primary N) is 1. The summed E-state index contributed by atoms with van der Waals surface area (Å²) in [5.41, 5.74) is 7.19. The molecule has 3 unspecified atom stereocenters. The molecule has 4 rings (SSSR count). The van der Waals surface area contributed by atoms with Crippen molar-refractivity contribution in [2.75, 3.05) is 11.4 Å². The first-order valence-corrected chi connectivity index (χ1v) is 8.55. The number of benzene rings is 1. The molecule has 1 aromatic carbocycles. The van der Waals surface area contributed by atoms with Crippen LogP contribution in [0.3, 0.4) is 0 Å². The zero-order chi connectivity index (χ0) is 19.1. The van der Waals surface area contributed by atoms with Crippen molar-refractivity contribution in [3.8, 4) is 0 Å². The van der Waals surface area contributed by atoms with E-state index in [9.17, 15) is 14.4 Å². The minimum atomic E-state index is -1.01. The van der Waals surface area contributed by atoms with Crippen molar-refractivity contribution in [3.05, 3.63) is 59.9 Å². The predicted octanol–water partition coefficient (Wildman–Crippen LogP) is 0.722. The third-order valence-electron chi connectivity index (χ3n) is 4.85. The summed E-state index contributed by atoms with van der Waals surface area (Å²) in [7, 11) is 0. The number of imide groups is 1. The van der Waals surface area contributed by atoms with Crippen LogP contribution in [-0.4, -0.2) is 40.4 Å². The number of pyridine rings is 1. The van der Waals surface area contributed by atoms with Crippen LogP contribution in [0.2, 0.25) is 0 Å². The second-order valence-electron chi connectivity index (χ2n) is 6.59. The Labute approximate surface area is 155 Å². The molecule has 0 bridgehead atoms. The number of carbonyl (C=O) groups is 3. The number of hydrogen-bond donors (Lipinski definition) is 1. The first-order valence-electron chi connectivity index (χ1n) is 8.55. The number of anilines is 1. The number of amides is 3. The van der Waals surface area contributed by atoms with E-state index in [0.717, 1.165) is 5.56 Å². The molecule has 2 aromatic rings. The molecule has 138 valence electrons. The van der Waals surface area contributed by atoms with Gasteiger partial charge in [0.2, 0.25) is 11.8 Å². The minimum absolute atomic E-state index is 0.237. The van der Waals surface area contributed by atoms with Gasteiger partial charge in [-0.3, -0.25) is 24.2 Å². The van der Waals surface area contributed by atoms with E-state index in [-0.39, 0.29) is 12.5 Å². The Morgan fingerprint density at radius 3 is 2.56 bits per heavy atom. The van der Waals surface area contributed by atoms with Gasteiger partial charge in [0, 0.05) is 6.20 Å². The minimum Gasteiger partial charge on any atom is -0.368 e. The van der Waals surface area contributed by atoms with Crippen LogP contribution in [0.4, 0.5) is 5.69 Å². The van der Waals surface area contributed by atoms with Gasteiger partial charge in [-0.25, -0.2) is 4.90 Å². The molecule has 1 aromatic heterocycles. The topological polar surface area (TPSA) is 106 Å². The number of aromatic nitrogens is 1. The molecular weight excluding hydrogens is 348 g/mol. The van der Waals surface area contributed by atoms with Crippen molar-refractivity contribution in [3.63, 3.8) is 0 Å². The van der Waals surface area contributed by atoms with Crippen molar-refractivity contribution in [2.45, 2.75) is 19.1 Å². The molecule has 8 heteroatoms. The predicted molar refractivity (Wildman–Crippen MR) is 94.9 cm³/mol. The summed E-state index contributed by atoms with van der Waals surface area (Å²) in [5, 5.41) is 1.30. The van der Waals surface area contributed by atoms with Gasteiger partial charge in [0.1, 0.15) is 6.54 Å². The third kappa shape index (κ3) is 2.79. The van der Waals surface area contributed by atoms with Crippen molar-refractivity contribution >= 4 is 23.4 Å². The molecule has 2 fully saturated rings. The Balaban J connectivity index is 1.75. The summed E-state index contributed by atoms with van der Waals surface area (Å²) in [6.07, 6.45) is 0.578. The maximum atomic E-state index is 13.2. The Morgan fingerprint density at radius 1 is 1.15 bits per heavy atom.